The van der Waals surface area contributed by atoms with Gasteiger partial charge in [0.1, 0.15) is 6.61 Å². The normalized spacial score (nSPS) is 10.0. The smallest absolute Gasteiger partial charge is 0.340 e. The highest BCUT2D eigenvalue weighted by Crippen LogP contribution is 2.09. The van der Waals surface area contributed by atoms with Gasteiger partial charge in [0.2, 0.25) is 0 Å². The van der Waals surface area contributed by atoms with Crippen molar-refractivity contribution >= 4 is 11.9 Å². The fraction of sp³-hybridized carbons (Fsp3) is 0.188. The molecule has 1 aromatic carbocycles. The van der Waals surface area contributed by atoms with Gasteiger partial charge in [-0.15, -0.1) is 0 Å². The molecule has 0 aliphatic heterocycles. The van der Waals surface area contributed by atoms with Crippen molar-refractivity contribution in [1.29, 1.82) is 0 Å². The molecule has 5 nitrogen and oxygen atoms in total. The first-order valence-corrected chi connectivity index (χ1v) is 6.37. The Balaban J connectivity index is 1.95. The molecule has 0 saturated heterocycles. The summed E-state index contributed by atoms with van der Waals surface area (Å²) in [5.74, 6) is -0.830. The number of nitrogens with zero attached hydrogens (tertiary/aromatic N) is 1. The number of rotatable bonds is 4. The van der Waals surface area contributed by atoms with Crippen molar-refractivity contribution < 1.29 is 19.1 Å². The van der Waals surface area contributed by atoms with Crippen molar-refractivity contribution in [2.45, 2.75) is 13.5 Å². The number of hydrogen-bond donors (Lipinski definition) is 0. The first kappa shape index (κ1) is 14.7. The second-order valence-electron chi connectivity index (χ2n) is 4.45. The summed E-state index contributed by atoms with van der Waals surface area (Å²) in [6.45, 7) is 1.98. The van der Waals surface area contributed by atoms with Crippen LogP contribution in [0.4, 0.5) is 0 Å². The van der Waals surface area contributed by atoms with Crippen molar-refractivity contribution in [3.63, 3.8) is 0 Å². The van der Waals surface area contributed by atoms with E-state index in [1.54, 1.807) is 36.4 Å². The summed E-state index contributed by atoms with van der Waals surface area (Å²) in [6.07, 6.45) is 1.48. The number of carbonyl (C=O) groups excluding carboxylic acids is 2. The Bertz CT molecular complexity index is 632. The maximum absolute atomic E-state index is 11.8. The van der Waals surface area contributed by atoms with Crippen molar-refractivity contribution in [1.82, 2.24) is 4.98 Å². The lowest BCUT2D eigenvalue weighted by Crippen LogP contribution is -2.06. The van der Waals surface area contributed by atoms with Crippen LogP contribution in [0.5, 0.6) is 0 Å². The number of ether oxygens (including phenoxy) is 2. The Kier molecular flexibility index (Phi) is 4.66. The standard InChI is InChI=1S/C16H15NO4/c1-11-3-6-14(9-17-11)16(19)21-10-12-4-7-13(8-5-12)15(18)20-2/h3-9H,10H2,1-2H3. The molecule has 2 aromatic rings. The molecular weight excluding hydrogens is 270 g/mol. The van der Waals surface area contributed by atoms with Crippen molar-refractivity contribution in [2.24, 2.45) is 0 Å². The summed E-state index contributed by atoms with van der Waals surface area (Å²) < 4.78 is 9.80. The highest BCUT2D eigenvalue weighted by Gasteiger charge is 2.08. The quantitative estimate of drug-likeness (QED) is 0.808. The molecule has 0 bridgehead atoms. The minimum Gasteiger partial charge on any atom is -0.465 e. The second-order valence-corrected chi connectivity index (χ2v) is 4.45. The van der Waals surface area contributed by atoms with Crippen LogP contribution in [0, 0.1) is 6.92 Å². The predicted molar refractivity (Wildman–Crippen MR) is 75.9 cm³/mol. The molecular formula is C16H15NO4. The van der Waals surface area contributed by atoms with E-state index < -0.39 is 11.9 Å². The molecule has 0 fully saturated rings. The highest BCUT2D eigenvalue weighted by atomic mass is 16.5. The van der Waals surface area contributed by atoms with Crippen molar-refractivity contribution in [3.8, 4) is 0 Å². The monoisotopic (exact) mass is 285 g/mol. The van der Waals surface area contributed by atoms with Gasteiger partial charge in [-0.1, -0.05) is 12.1 Å². The molecule has 0 spiro atoms. The minimum atomic E-state index is -0.431. The summed E-state index contributed by atoms with van der Waals surface area (Å²) in [5.41, 5.74) is 2.49. The molecule has 0 amide bonds. The van der Waals surface area contributed by atoms with E-state index in [1.807, 2.05) is 6.92 Å². The Morgan fingerprint density at radius 3 is 2.24 bits per heavy atom. The molecule has 0 aliphatic carbocycles. The van der Waals surface area contributed by atoms with Gasteiger partial charge in [-0.05, 0) is 36.8 Å². The van der Waals surface area contributed by atoms with Gasteiger partial charge in [0, 0.05) is 11.9 Å². The Morgan fingerprint density at radius 2 is 1.67 bits per heavy atom. The van der Waals surface area contributed by atoms with E-state index in [4.69, 9.17) is 4.74 Å². The van der Waals surface area contributed by atoms with Gasteiger partial charge >= 0.3 is 11.9 Å². The van der Waals surface area contributed by atoms with Crippen LogP contribution in [0.25, 0.3) is 0 Å². The summed E-state index contributed by atoms with van der Waals surface area (Å²) in [5, 5.41) is 0. The predicted octanol–water partition coefficient (Wildman–Crippen LogP) is 2.53. The van der Waals surface area contributed by atoms with Crippen molar-refractivity contribution in [3.05, 3.63) is 65.0 Å². The van der Waals surface area contributed by atoms with Gasteiger partial charge in [0.15, 0.2) is 0 Å². The first-order chi connectivity index (χ1) is 10.1. The van der Waals surface area contributed by atoms with Gasteiger partial charge in [-0.3, -0.25) is 4.98 Å². The molecule has 0 aliphatic rings. The number of carbonyl (C=O) groups is 2. The second kappa shape index (κ2) is 6.65. The minimum absolute atomic E-state index is 0.133. The first-order valence-electron chi connectivity index (χ1n) is 6.37. The van der Waals surface area contributed by atoms with Crippen LogP contribution in [0.2, 0.25) is 0 Å². The lowest BCUT2D eigenvalue weighted by molar-refractivity contribution is 0.0471. The van der Waals surface area contributed by atoms with E-state index in [2.05, 4.69) is 9.72 Å². The molecule has 21 heavy (non-hydrogen) atoms. The molecule has 0 unspecified atom stereocenters. The van der Waals surface area contributed by atoms with E-state index in [-0.39, 0.29) is 6.61 Å². The topological polar surface area (TPSA) is 65.5 Å². The summed E-state index contributed by atoms with van der Waals surface area (Å²) in [7, 11) is 1.33. The van der Waals surface area contributed by atoms with Gasteiger partial charge in [0.25, 0.3) is 0 Å². The highest BCUT2D eigenvalue weighted by molar-refractivity contribution is 5.89. The van der Waals surface area contributed by atoms with Crippen molar-refractivity contribution in [2.75, 3.05) is 7.11 Å². The SMILES string of the molecule is COC(=O)c1ccc(COC(=O)c2ccc(C)nc2)cc1. The van der Waals surface area contributed by atoms with E-state index in [0.717, 1.165) is 11.3 Å². The fourth-order valence-electron chi connectivity index (χ4n) is 1.68. The van der Waals surface area contributed by atoms with E-state index in [9.17, 15) is 9.59 Å². The average Bonchev–Trinajstić information content (AvgIpc) is 2.53. The van der Waals surface area contributed by atoms with E-state index >= 15 is 0 Å². The Labute approximate surface area is 122 Å². The zero-order valence-corrected chi connectivity index (χ0v) is 11.8. The third-order valence-electron chi connectivity index (χ3n) is 2.89. The van der Waals surface area contributed by atoms with Crippen LogP contribution in [0.3, 0.4) is 0 Å². The molecule has 1 heterocycles. The number of hydrogen-bond acceptors (Lipinski definition) is 5. The molecule has 0 radical (unpaired) electrons. The number of benzene rings is 1. The van der Waals surface area contributed by atoms with Crippen LogP contribution >= 0.6 is 0 Å². The van der Waals surface area contributed by atoms with Gasteiger partial charge < -0.3 is 9.47 Å². The van der Waals surface area contributed by atoms with Gasteiger partial charge in [-0.2, -0.15) is 0 Å². The lowest BCUT2D eigenvalue weighted by Gasteiger charge is -2.06. The average molecular weight is 285 g/mol. The third-order valence-corrected chi connectivity index (χ3v) is 2.89. The molecule has 108 valence electrons. The molecule has 0 saturated carbocycles. The molecule has 1 aromatic heterocycles. The number of pyridine rings is 1. The Morgan fingerprint density at radius 1 is 1.00 bits per heavy atom. The molecule has 5 heteroatoms. The number of aryl methyl sites for hydroxylation is 1. The van der Waals surface area contributed by atoms with E-state index in [1.165, 1.54) is 13.3 Å². The molecule has 2 rings (SSSR count). The van der Waals surface area contributed by atoms with Crippen LogP contribution in [0.15, 0.2) is 42.6 Å². The maximum atomic E-state index is 11.8. The Hall–Kier alpha value is -2.69. The van der Waals surface area contributed by atoms with Gasteiger partial charge in [-0.25, -0.2) is 9.59 Å². The largest absolute Gasteiger partial charge is 0.465 e. The number of esters is 2. The lowest BCUT2D eigenvalue weighted by atomic mass is 10.1. The summed E-state index contributed by atoms with van der Waals surface area (Å²) >= 11 is 0. The fourth-order valence-corrected chi connectivity index (χ4v) is 1.68. The summed E-state index contributed by atoms with van der Waals surface area (Å²) in [6, 6.07) is 10.1. The number of aromatic nitrogens is 1. The van der Waals surface area contributed by atoms with Crippen LogP contribution in [0.1, 0.15) is 32.0 Å². The van der Waals surface area contributed by atoms with E-state index in [0.29, 0.717) is 11.1 Å². The maximum Gasteiger partial charge on any atom is 0.340 e. The summed E-state index contributed by atoms with van der Waals surface area (Å²) in [4.78, 5) is 27.1. The van der Waals surface area contributed by atoms with Gasteiger partial charge in [0.05, 0.1) is 18.2 Å². The molecule has 0 N–H and O–H groups in total. The molecule has 0 atom stereocenters. The number of methoxy groups -OCH3 is 1. The van der Waals surface area contributed by atoms with Crippen LogP contribution in [-0.4, -0.2) is 24.0 Å². The van der Waals surface area contributed by atoms with Crippen LogP contribution in [-0.2, 0) is 16.1 Å². The zero-order valence-electron chi connectivity index (χ0n) is 11.8. The van der Waals surface area contributed by atoms with Crippen LogP contribution < -0.4 is 0 Å². The third kappa shape index (κ3) is 3.89. The zero-order chi connectivity index (χ0) is 15.2.